The summed E-state index contributed by atoms with van der Waals surface area (Å²) >= 11 is 0. The molecule has 2 aromatic rings. The molecule has 0 aliphatic carbocycles. The van der Waals surface area contributed by atoms with Crippen molar-refractivity contribution in [2.24, 2.45) is 0 Å². The lowest BCUT2D eigenvalue weighted by atomic mass is 10.00. The van der Waals surface area contributed by atoms with Crippen molar-refractivity contribution in [3.8, 4) is 0 Å². The molecule has 1 aromatic carbocycles. The maximum absolute atomic E-state index is 12.7. The Kier molecular flexibility index (Phi) is 4.32. The van der Waals surface area contributed by atoms with Crippen molar-refractivity contribution in [2.45, 2.75) is 19.4 Å². The molecule has 1 fully saturated rings. The number of amides is 2. The van der Waals surface area contributed by atoms with Gasteiger partial charge in [-0.15, -0.1) is 0 Å². The van der Waals surface area contributed by atoms with Crippen LogP contribution in [0.1, 0.15) is 22.7 Å². The van der Waals surface area contributed by atoms with Crippen LogP contribution in [0.5, 0.6) is 0 Å². The van der Waals surface area contributed by atoms with Crippen LogP contribution in [-0.4, -0.2) is 39.8 Å². The lowest BCUT2D eigenvalue weighted by Gasteiger charge is -2.35. The van der Waals surface area contributed by atoms with Crippen molar-refractivity contribution in [1.29, 1.82) is 0 Å². The van der Waals surface area contributed by atoms with Gasteiger partial charge in [-0.3, -0.25) is 9.59 Å². The van der Waals surface area contributed by atoms with Crippen molar-refractivity contribution >= 4 is 11.8 Å². The third kappa shape index (κ3) is 3.36. The number of carbonyl (C=O) groups is 2. The molecule has 0 saturated carbocycles. The molecule has 2 amide bonds. The Morgan fingerprint density at radius 2 is 2.13 bits per heavy atom. The van der Waals surface area contributed by atoms with Crippen LogP contribution in [0.4, 0.5) is 0 Å². The van der Waals surface area contributed by atoms with Gasteiger partial charge in [0.25, 0.3) is 0 Å². The monoisotopic (exact) mass is 310 g/mol. The van der Waals surface area contributed by atoms with Crippen LogP contribution in [0, 0.1) is 6.92 Å². The Hall–Kier alpha value is -2.76. The van der Waals surface area contributed by atoms with Crippen molar-refractivity contribution in [3.63, 3.8) is 0 Å². The van der Waals surface area contributed by atoms with Crippen molar-refractivity contribution in [2.75, 3.05) is 13.1 Å². The van der Waals surface area contributed by atoms with Gasteiger partial charge in [-0.1, -0.05) is 29.8 Å². The number of carbonyl (C=O) groups excluding carboxylic acids is 2. The maximum Gasteiger partial charge on any atom is 0.247 e. The van der Waals surface area contributed by atoms with E-state index < -0.39 is 6.04 Å². The summed E-state index contributed by atoms with van der Waals surface area (Å²) in [5.74, 6) is -0.235. The molecule has 0 bridgehead atoms. The van der Waals surface area contributed by atoms with E-state index in [9.17, 15) is 9.59 Å². The molecule has 2 heterocycles. The standard InChI is InChI=1S/C17H18N4O2/c1-12-3-2-4-14(7-12)16-17(23)20-5-6-21(16)15(22)8-13-9-18-11-19-10-13/h2-4,7,9-11,16H,5-6,8H2,1H3,(H,20,23)/t16-/m0/s1. The first kappa shape index (κ1) is 15.1. The normalized spacial score (nSPS) is 17.7. The van der Waals surface area contributed by atoms with E-state index in [4.69, 9.17) is 0 Å². The molecule has 1 atom stereocenters. The van der Waals surface area contributed by atoms with Gasteiger partial charge in [0.05, 0.1) is 6.42 Å². The molecule has 3 rings (SSSR count). The largest absolute Gasteiger partial charge is 0.352 e. The molecular weight excluding hydrogens is 292 g/mol. The van der Waals surface area contributed by atoms with Gasteiger partial charge in [0, 0.05) is 25.5 Å². The highest BCUT2D eigenvalue weighted by atomic mass is 16.2. The Bertz CT molecular complexity index is 718. The van der Waals surface area contributed by atoms with Crippen LogP contribution in [0.25, 0.3) is 0 Å². The van der Waals surface area contributed by atoms with E-state index in [0.717, 1.165) is 16.7 Å². The summed E-state index contributed by atoms with van der Waals surface area (Å²) in [6.45, 7) is 2.94. The van der Waals surface area contributed by atoms with Crippen molar-refractivity contribution < 1.29 is 9.59 Å². The molecule has 0 radical (unpaired) electrons. The third-order valence-corrected chi connectivity index (χ3v) is 3.86. The van der Waals surface area contributed by atoms with Crippen LogP contribution in [0.3, 0.4) is 0 Å². The lowest BCUT2D eigenvalue weighted by Crippen LogP contribution is -2.52. The zero-order valence-corrected chi connectivity index (χ0v) is 12.9. The summed E-state index contributed by atoms with van der Waals surface area (Å²) in [5, 5.41) is 2.84. The van der Waals surface area contributed by atoms with E-state index in [1.165, 1.54) is 6.33 Å². The molecule has 1 saturated heterocycles. The van der Waals surface area contributed by atoms with E-state index in [-0.39, 0.29) is 18.2 Å². The number of nitrogens with one attached hydrogen (secondary N) is 1. The SMILES string of the molecule is Cc1cccc([C@H]2C(=O)NCCN2C(=O)Cc2cncnc2)c1. The third-order valence-electron chi connectivity index (χ3n) is 3.86. The molecule has 0 spiro atoms. The summed E-state index contributed by atoms with van der Waals surface area (Å²) in [6.07, 6.45) is 4.86. The molecule has 0 unspecified atom stereocenters. The second-order valence-electron chi connectivity index (χ2n) is 5.62. The minimum atomic E-state index is -0.583. The topological polar surface area (TPSA) is 75.2 Å². The number of rotatable bonds is 3. The van der Waals surface area contributed by atoms with Crippen LogP contribution >= 0.6 is 0 Å². The Morgan fingerprint density at radius 3 is 2.87 bits per heavy atom. The fraction of sp³-hybridized carbons (Fsp3) is 0.294. The molecular formula is C17H18N4O2. The first-order valence-corrected chi connectivity index (χ1v) is 7.53. The minimum absolute atomic E-state index is 0.0962. The van der Waals surface area contributed by atoms with Crippen LogP contribution in [0.15, 0.2) is 43.0 Å². The summed E-state index contributed by atoms with van der Waals surface area (Å²) < 4.78 is 0. The Balaban J connectivity index is 1.86. The van der Waals surface area contributed by atoms with E-state index >= 15 is 0 Å². The number of nitrogens with zero attached hydrogens (tertiary/aromatic N) is 3. The molecule has 23 heavy (non-hydrogen) atoms. The van der Waals surface area contributed by atoms with E-state index in [2.05, 4.69) is 15.3 Å². The number of hydrogen-bond acceptors (Lipinski definition) is 4. The van der Waals surface area contributed by atoms with E-state index in [1.807, 2.05) is 31.2 Å². The summed E-state index contributed by atoms with van der Waals surface area (Å²) in [6, 6.07) is 7.12. The zero-order valence-electron chi connectivity index (χ0n) is 12.9. The number of aromatic nitrogens is 2. The average Bonchev–Trinajstić information content (AvgIpc) is 2.55. The predicted octanol–water partition coefficient (Wildman–Crippen LogP) is 1.03. The second-order valence-corrected chi connectivity index (χ2v) is 5.62. The first-order valence-electron chi connectivity index (χ1n) is 7.53. The van der Waals surface area contributed by atoms with Gasteiger partial charge < -0.3 is 10.2 Å². The predicted molar refractivity (Wildman–Crippen MR) is 84.4 cm³/mol. The molecule has 1 aliphatic heterocycles. The second kappa shape index (κ2) is 6.56. The van der Waals surface area contributed by atoms with Gasteiger partial charge in [-0.25, -0.2) is 9.97 Å². The van der Waals surface area contributed by atoms with Crippen LogP contribution in [-0.2, 0) is 16.0 Å². The molecule has 118 valence electrons. The highest BCUT2D eigenvalue weighted by molar-refractivity contribution is 5.90. The van der Waals surface area contributed by atoms with E-state index in [0.29, 0.717) is 13.1 Å². The van der Waals surface area contributed by atoms with Gasteiger partial charge >= 0.3 is 0 Å². The first-order chi connectivity index (χ1) is 11.1. The average molecular weight is 310 g/mol. The van der Waals surface area contributed by atoms with Crippen LogP contribution < -0.4 is 5.32 Å². The minimum Gasteiger partial charge on any atom is -0.352 e. The van der Waals surface area contributed by atoms with Crippen molar-refractivity contribution in [1.82, 2.24) is 20.2 Å². The summed E-state index contributed by atoms with van der Waals surface area (Å²) in [5.41, 5.74) is 2.64. The number of aryl methyl sites for hydroxylation is 1. The molecule has 1 aromatic heterocycles. The number of benzene rings is 1. The summed E-state index contributed by atoms with van der Waals surface area (Å²) in [7, 11) is 0. The van der Waals surface area contributed by atoms with Crippen LogP contribution in [0.2, 0.25) is 0 Å². The Morgan fingerprint density at radius 1 is 1.35 bits per heavy atom. The van der Waals surface area contributed by atoms with Gasteiger partial charge in [0.15, 0.2) is 0 Å². The molecule has 6 heteroatoms. The quantitative estimate of drug-likeness (QED) is 0.918. The lowest BCUT2D eigenvalue weighted by molar-refractivity contribution is -0.143. The molecule has 1 aliphatic rings. The number of piperazine rings is 1. The zero-order chi connectivity index (χ0) is 16.2. The van der Waals surface area contributed by atoms with Crippen molar-refractivity contribution in [3.05, 3.63) is 59.7 Å². The number of hydrogen-bond donors (Lipinski definition) is 1. The maximum atomic E-state index is 12.7. The molecule has 6 nitrogen and oxygen atoms in total. The highest BCUT2D eigenvalue weighted by Crippen LogP contribution is 2.24. The van der Waals surface area contributed by atoms with E-state index in [1.54, 1.807) is 17.3 Å². The smallest absolute Gasteiger partial charge is 0.247 e. The summed E-state index contributed by atoms with van der Waals surface area (Å²) in [4.78, 5) is 34.5. The van der Waals surface area contributed by atoms with Gasteiger partial charge in [0.2, 0.25) is 11.8 Å². The fourth-order valence-corrected chi connectivity index (χ4v) is 2.80. The van der Waals surface area contributed by atoms with Gasteiger partial charge in [0.1, 0.15) is 12.4 Å². The van der Waals surface area contributed by atoms with Gasteiger partial charge in [-0.05, 0) is 18.1 Å². The Labute approximate surface area is 134 Å². The van der Waals surface area contributed by atoms with Gasteiger partial charge in [-0.2, -0.15) is 0 Å². The fourth-order valence-electron chi connectivity index (χ4n) is 2.80. The molecule has 1 N–H and O–H groups in total. The highest BCUT2D eigenvalue weighted by Gasteiger charge is 2.34.